The standard InChI is InChI=1S/C13H18F3N3/c1-8-2-3-9(4-8)7-18-12-6-10(13(14,15)16)5-11(17)19-12/h5-6,8-9H,2-4,7H2,1H3,(H3,17,18,19). The zero-order valence-electron chi connectivity index (χ0n) is 10.8. The number of nitrogen functional groups attached to an aromatic ring is 1. The van der Waals surface area contributed by atoms with Crippen molar-refractivity contribution in [2.75, 3.05) is 17.6 Å². The number of nitrogens with zero attached hydrogens (tertiary/aromatic N) is 1. The summed E-state index contributed by atoms with van der Waals surface area (Å²) < 4.78 is 37.9. The maximum atomic E-state index is 12.6. The van der Waals surface area contributed by atoms with Gasteiger partial charge in [-0.05, 0) is 36.8 Å². The van der Waals surface area contributed by atoms with E-state index < -0.39 is 11.7 Å². The summed E-state index contributed by atoms with van der Waals surface area (Å²) in [4.78, 5) is 3.89. The van der Waals surface area contributed by atoms with Crippen LogP contribution in [0.1, 0.15) is 31.7 Å². The maximum Gasteiger partial charge on any atom is 0.416 e. The van der Waals surface area contributed by atoms with Crippen LogP contribution < -0.4 is 11.1 Å². The molecule has 2 atom stereocenters. The minimum atomic E-state index is -4.39. The van der Waals surface area contributed by atoms with Gasteiger partial charge in [0.25, 0.3) is 0 Å². The van der Waals surface area contributed by atoms with Crippen LogP contribution in [0, 0.1) is 11.8 Å². The van der Waals surface area contributed by atoms with Crippen LogP contribution in [0.2, 0.25) is 0 Å². The normalized spacial score (nSPS) is 23.6. The van der Waals surface area contributed by atoms with Gasteiger partial charge in [0, 0.05) is 6.54 Å². The summed E-state index contributed by atoms with van der Waals surface area (Å²) in [6.45, 7) is 2.85. The van der Waals surface area contributed by atoms with Gasteiger partial charge in [0.05, 0.1) is 5.56 Å². The Balaban J connectivity index is 2.02. The highest BCUT2D eigenvalue weighted by Gasteiger charge is 2.31. The molecule has 0 bridgehead atoms. The molecule has 3 nitrogen and oxygen atoms in total. The highest BCUT2D eigenvalue weighted by Crippen LogP contribution is 2.33. The molecule has 1 heterocycles. The van der Waals surface area contributed by atoms with Gasteiger partial charge < -0.3 is 11.1 Å². The number of anilines is 2. The second kappa shape index (κ2) is 5.27. The number of aromatic nitrogens is 1. The van der Waals surface area contributed by atoms with Crippen LogP contribution in [0.15, 0.2) is 12.1 Å². The minimum Gasteiger partial charge on any atom is -0.384 e. The fourth-order valence-corrected chi connectivity index (χ4v) is 2.57. The van der Waals surface area contributed by atoms with Gasteiger partial charge in [-0.1, -0.05) is 13.3 Å². The van der Waals surface area contributed by atoms with E-state index in [1.165, 1.54) is 6.42 Å². The molecule has 0 spiro atoms. The van der Waals surface area contributed by atoms with Gasteiger partial charge in [-0.25, -0.2) is 4.98 Å². The van der Waals surface area contributed by atoms with Crippen LogP contribution in [0.25, 0.3) is 0 Å². The number of hydrogen-bond donors (Lipinski definition) is 2. The number of nitrogens with two attached hydrogens (primary N) is 1. The zero-order chi connectivity index (χ0) is 14.0. The molecular formula is C13H18F3N3. The number of hydrogen-bond acceptors (Lipinski definition) is 3. The van der Waals surface area contributed by atoms with Gasteiger partial charge in [-0.2, -0.15) is 13.2 Å². The highest BCUT2D eigenvalue weighted by molar-refractivity contribution is 5.47. The smallest absolute Gasteiger partial charge is 0.384 e. The average molecular weight is 273 g/mol. The Morgan fingerprint density at radius 3 is 2.68 bits per heavy atom. The molecule has 19 heavy (non-hydrogen) atoms. The summed E-state index contributed by atoms with van der Waals surface area (Å²) in [5.74, 6) is 1.29. The summed E-state index contributed by atoms with van der Waals surface area (Å²) in [7, 11) is 0. The van der Waals surface area contributed by atoms with Crippen molar-refractivity contribution >= 4 is 11.6 Å². The quantitative estimate of drug-likeness (QED) is 0.885. The lowest BCUT2D eigenvalue weighted by molar-refractivity contribution is -0.137. The number of nitrogens with one attached hydrogen (secondary N) is 1. The Morgan fingerprint density at radius 2 is 2.11 bits per heavy atom. The lowest BCUT2D eigenvalue weighted by Gasteiger charge is -2.14. The molecule has 2 rings (SSSR count). The molecule has 3 N–H and O–H groups in total. The first-order valence-electron chi connectivity index (χ1n) is 6.43. The maximum absolute atomic E-state index is 12.6. The van der Waals surface area contributed by atoms with Gasteiger partial charge in [0.2, 0.25) is 0 Å². The monoisotopic (exact) mass is 273 g/mol. The van der Waals surface area contributed by atoms with Crippen LogP contribution in [-0.2, 0) is 6.18 Å². The number of halogens is 3. The summed E-state index contributed by atoms with van der Waals surface area (Å²) in [6, 6.07) is 1.86. The molecule has 1 fully saturated rings. The summed E-state index contributed by atoms with van der Waals surface area (Å²) in [5, 5.41) is 2.97. The van der Waals surface area contributed by atoms with E-state index in [0.29, 0.717) is 18.4 Å². The fraction of sp³-hybridized carbons (Fsp3) is 0.615. The van der Waals surface area contributed by atoms with E-state index in [4.69, 9.17) is 5.73 Å². The van der Waals surface area contributed by atoms with Gasteiger partial charge in [0.15, 0.2) is 0 Å². The number of alkyl halides is 3. The summed E-state index contributed by atoms with van der Waals surface area (Å²) in [5.41, 5.74) is 4.65. The van der Waals surface area contributed by atoms with Crippen molar-refractivity contribution in [3.63, 3.8) is 0 Å². The SMILES string of the molecule is CC1CCC(CNc2cc(C(F)(F)F)cc(N)n2)C1. The van der Waals surface area contributed by atoms with E-state index in [1.54, 1.807) is 0 Å². The van der Waals surface area contributed by atoms with E-state index in [-0.39, 0.29) is 11.6 Å². The third-order valence-corrected chi connectivity index (χ3v) is 3.55. The Bertz CT molecular complexity index is 445. The number of rotatable bonds is 3. The first-order valence-corrected chi connectivity index (χ1v) is 6.43. The third kappa shape index (κ3) is 3.75. The van der Waals surface area contributed by atoms with Gasteiger partial charge in [0.1, 0.15) is 11.6 Å². The lowest BCUT2D eigenvalue weighted by Crippen LogP contribution is -2.14. The molecule has 0 aromatic carbocycles. The Hall–Kier alpha value is -1.46. The van der Waals surface area contributed by atoms with Crippen LogP contribution >= 0.6 is 0 Å². The van der Waals surface area contributed by atoms with Crippen LogP contribution in [0.3, 0.4) is 0 Å². The predicted octanol–water partition coefficient (Wildman–Crippen LogP) is 3.53. The van der Waals surface area contributed by atoms with E-state index >= 15 is 0 Å². The van der Waals surface area contributed by atoms with E-state index in [9.17, 15) is 13.2 Å². The van der Waals surface area contributed by atoms with Crippen LogP contribution in [-0.4, -0.2) is 11.5 Å². The van der Waals surface area contributed by atoms with Crippen LogP contribution in [0.4, 0.5) is 24.8 Å². The van der Waals surface area contributed by atoms with E-state index in [0.717, 1.165) is 25.0 Å². The largest absolute Gasteiger partial charge is 0.416 e. The average Bonchev–Trinajstić information content (AvgIpc) is 2.71. The van der Waals surface area contributed by atoms with E-state index in [1.807, 2.05) is 0 Å². The Morgan fingerprint density at radius 1 is 1.37 bits per heavy atom. The highest BCUT2D eigenvalue weighted by atomic mass is 19.4. The fourth-order valence-electron chi connectivity index (χ4n) is 2.57. The van der Waals surface area contributed by atoms with Gasteiger partial charge >= 0.3 is 6.18 Å². The third-order valence-electron chi connectivity index (χ3n) is 3.55. The second-order valence-electron chi connectivity index (χ2n) is 5.33. The van der Waals surface area contributed by atoms with Crippen molar-refractivity contribution < 1.29 is 13.2 Å². The Labute approximate surface area is 110 Å². The number of pyridine rings is 1. The molecule has 1 aromatic rings. The molecule has 0 radical (unpaired) electrons. The molecule has 6 heteroatoms. The molecule has 1 aliphatic carbocycles. The van der Waals surface area contributed by atoms with Crippen molar-refractivity contribution in [3.05, 3.63) is 17.7 Å². The minimum absolute atomic E-state index is 0.114. The molecular weight excluding hydrogens is 255 g/mol. The Kier molecular flexibility index (Phi) is 3.87. The molecule has 1 saturated carbocycles. The first-order chi connectivity index (χ1) is 8.84. The molecule has 2 unspecified atom stereocenters. The predicted molar refractivity (Wildman–Crippen MR) is 68.6 cm³/mol. The molecule has 0 amide bonds. The first kappa shape index (κ1) is 14.0. The van der Waals surface area contributed by atoms with Crippen molar-refractivity contribution in [3.8, 4) is 0 Å². The molecule has 0 saturated heterocycles. The van der Waals surface area contributed by atoms with Crippen molar-refractivity contribution in [1.29, 1.82) is 0 Å². The summed E-state index contributed by atoms with van der Waals surface area (Å²) >= 11 is 0. The van der Waals surface area contributed by atoms with E-state index in [2.05, 4.69) is 17.2 Å². The van der Waals surface area contributed by atoms with Gasteiger partial charge in [-0.15, -0.1) is 0 Å². The van der Waals surface area contributed by atoms with Crippen molar-refractivity contribution in [1.82, 2.24) is 4.98 Å². The zero-order valence-corrected chi connectivity index (χ0v) is 10.8. The topological polar surface area (TPSA) is 50.9 Å². The second-order valence-corrected chi connectivity index (χ2v) is 5.33. The van der Waals surface area contributed by atoms with Crippen molar-refractivity contribution in [2.45, 2.75) is 32.4 Å². The van der Waals surface area contributed by atoms with Gasteiger partial charge in [-0.3, -0.25) is 0 Å². The molecule has 106 valence electrons. The lowest BCUT2D eigenvalue weighted by atomic mass is 10.1. The molecule has 1 aromatic heterocycles. The molecule has 0 aliphatic heterocycles. The van der Waals surface area contributed by atoms with Crippen LogP contribution in [0.5, 0.6) is 0 Å². The molecule has 1 aliphatic rings. The summed E-state index contributed by atoms with van der Waals surface area (Å²) in [6.07, 6.45) is -0.982. The van der Waals surface area contributed by atoms with Crippen molar-refractivity contribution in [2.24, 2.45) is 11.8 Å².